The predicted octanol–water partition coefficient (Wildman–Crippen LogP) is 3.80. The maximum Gasteiger partial charge on any atom is 0.231 e. The third-order valence-electron chi connectivity index (χ3n) is 7.03. The highest BCUT2D eigenvalue weighted by atomic mass is 35.5. The van der Waals surface area contributed by atoms with Crippen LogP contribution in [0.3, 0.4) is 0 Å². The number of ether oxygens (including phenoxy) is 1. The summed E-state index contributed by atoms with van der Waals surface area (Å²) in [4.78, 5) is 17.9. The van der Waals surface area contributed by atoms with E-state index in [0.29, 0.717) is 5.92 Å². The van der Waals surface area contributed by atoms with E-state index in [9.17, 15) is 4.79 Å². The molecule has 164 valence electrons. The Balaban J connectivity index is 1.28. The van der Waals surface area contributed by atoms with Crippen LogP contribution in [0.2, 0.25) is 5.02 Å². The Kier molecular flexibility index (Phi) is 5.81. The van der Waals surface area contributed by atoms with E-state index in [1.165, 1.54) is 11.1 Å². The lowest BCUT2D eigenvalue weighted by atomic mass is 9.87. The lowest BCUT2D eigenvalue weighted by Gasteiger charge is -2.34. The number of benzene rings is 2. The molecule has 2 aromatic carbocycles. The van der Waals surface area contributed by atoms with Gasteiger partial charge in [0, 0.05) is 49.9 Å². The number of halogens is 1. The van der Waals surface area contributed by atoms with E-state index in [4.69, 9.17) is 16.3 Å². The molecule has 1 fully saturated rings. The molecule has 0 bridgehead atoms. The number of rotatable bonds is 5. The maximum atomic E-state index is 13.5. The zero-order chi connectivity index (χ0) is 21.4. The molecule has 1 unspecified atom stereocenters. The number of carbonyl (C=O) groups excluding carboxylic acids is 1. The van der Waals surface area contributed by atoms with Crippen molar-refractivity contribution < 1.29 is 9.53 Å². The smallest absolute Gasteiger partial charge is 0.231 e. The average molecular weight is 440 g/mol. The Bertz CT molecular complexity index is 971. The number of likely N-dealkylation sites (tertiary alicyclic amines) is 1. The molecule has 2 aromatic rings. The third kappa shape index (κ3) is 3.90. The minimum absolute atomic E-state index is 0.107. The van der Waals surface area contributed by atoms with E-state index in [1.807, 2.05) is 25.2 Å². The van der Waals surface area contributed by atoms with Gasteiger partial charge in [0.1, 0.15) is 5.75 Å². The van der Waals surface area contributed by atoms with Crippen molar-refractivity contribution >= 4 is 23.2 Å². The lowest BCUT2D eigenvalue weighted by molar-refractivity contribution is -0.133. The summed E-state index contributed by atoms with van der Waals surface area (Å²) in [6, 6.07) is 12.5. The molecule has 0 aromatic heterocycles. The standard InChI is InChI=1S/C25H30ClN3O2/c1-27-10-13-29-16-22(21-6-5-19(26)15-23(21)29)25(30)28-11-7-17(8-12-28)20-4-2-3-18-9-14-31-24(18)20/h2-6,15,17,22,27H,7-14,16H2,1H3. The fraction of sp³-hybridized carbons (Fsp3) is 0.480. The van der Waals surface area contributed by atoms with Crippen LogP contribution >= 0.6 is 11.6 Å². The maximum absolute atomic E-state index is 13.5. The quantitative estimate of drug-likeness (QED) is 0.769. The van der Waals surface area contributed by atoms with Crippen molar-refractivity contribution in [3.63, 3.8) is 0 Å². The number of likely N-dealkylation sites (N-methyl/N-ethyl adjacent to an activating group) is 1. The van der Waals surface area contributed by atoms with Crippen LogP contribution in [0.25, 0.3) is 0 Å². The van der Waals surface area contributed by atoms with Crippen LogP contribution in [0.1, 0.15) is 41.4 Å². The zero-order valence-corrected chi connectivity index (χ0v) is 18.8. The summed E-state index contributed by atoms with van der Waals surface area (Å²) >= 11 is 6.27. The molecule has 0 saturated carbocycles. The molecule has 6 heteroatoms. The number of amides is 1. The number of piperidine rings is 1. The van der Waals surface area contributed by atoms with Crippen LogP contribution in [-0.2, 0) is 11.2 Å². The van der Waals surface area contributed by atoms with E-state index >= 15 is 0 Å². The number of nitrogens with zero attached hydrogens (tertiary/aromatic N) is 2. The summed E-state index contributed by atoms with van der Waals surface area (Å²) in [5, 5.41) is 3.93. The van der Waals surface area contributed by atoms with Gasteiger partial charge in [0.15, 0.2) is 0 Å². The zero-order valence-electron chi connectivity index (χ0n) is 18.1. The monoisotopic (exact) mass is 439 g/mol. The number of hydrogen-bond acceptors (Lipinski definition) is 4. The summed E-state index contributed by atoms with van der Waals surface area (Å²) in [6.07, 6.45) is 3.00. The van der Waals surface area contributed by atoms with Crippen molar-refractivity contribution in [2.45, 2.75) is 31.1 Å². The minimum Gasteiger partial charge on any atom is -0.493 e. The molecule has 5 rings (SSSR count). The highest BCUT2D eigenvalue weighted by Crippen LogP contribution is 2.41. The second kappa shape index (κ2) is 8.71. The van der Waals surface area contributed by atoms with Crippen LogP contribution in [0, 0.1) is 0 Å². The molecule has 1 amide bonds. The highest BCUT2D eigenvalue weighted by Gasteiger charge is 2.37. The molecule has 0 radical (unpaired) electrons. The molecule has 3 aliphatic rings. The van der Waals surface area contributed by atoms with Crippen LogP contribution < -0.4 is 15.0 Å². The SMILES string of the molecule is CNCCN1CC(C(=O)N2CCC(c3cccc4c3OCC4)CC2)c2ccc(Cl)cc21. The van der Waals surface area contributed by atoms with Crippen molar-refractivity contribution in [2.24, 2.45) is 0 Å². The third-order valence-corrected chi connectivity index (χ3v) is 7.27. The Morgan fingerprint density at radius 2 is 2.03 bits per heavy atom. The molecule has 3 aliphatic heterocycles. The minimum atomic E-state index is -0.107. The van der Waals surface area contributed by atoms with Crippen molar-refractivity contribution in [1.82, 2.24) is 10.2 Å². The van der Waals surface area contributed by atoms with Gasteiger partial charge in [0.2, 0.25) is 5.91 Å². The Morgan fingerprint density at radius 1 is 1.19 bits per heavy atom. The van der Waals surface area contributed by atoms with Gasteiger partial charge >= 0.3 is 0 Å². The molecule has 3 heterocycles. The van der Waals surface area contributed by atoms with Crippen molar-refractivity contribution in [3.8, 4) is 5.75 Å². The Labute approximate surface area is 189 Å². The molecule has 0 spiro atoms. The van der Waals surface area contributed by atoms with Crippen LogP contribution in [0.5, 0.6) is 5.75 Å². The number of hydrogen-bond donors (Lipinski definition) is 1. The average Bonchev–Trinajstić information content (AvgIpc) is 3.42. The van der Waals surface area contributed by atoms with Gasteiger partial charge in [-0.3, -0.25) is 4.79 Å². The van der Waals surface area contributed by atoms with E-state index in [1.54, 1.807) is 0 Å². The van der Waals surface area contributed by atoms with Crippen LogP contribution in [0.4, 0.5) is 5.69 Å². The summed E-state index contributed by atoms with van der Waals surface area (Å²) in [6.45, 7) is 4.89. The molecule has 0 aliphatic carbocycles. The number of nitrogens with one attached hydrogen (secondary N) is 1. The fourth-order valence-corrected chi connectivity index (χ4v) is 5.53. The summed E-state index contributed by atoms with van der Waals surface area (Å²) in [5.74, 6) is 1.72. The Morgan fingerprint density at radius 3 is 2.84 bits per heavy atom. The number of para-hydroxylation sites is 1. The van der Waals surface area contributed by atoms with Crippen LogP contribution in [-0.4, -0.2) is 57.2 Å². The largest absolute Gasteiger partial charge is 0.493 e. The van der Waals surface area contributed by atoms with E-state index in [0.717, 1.165) is 80.6 Å². The van der Waals surface area contributed by atoms with Gasteiger partial charge in [0.05, 0.1) is 12.5 Å². The molecule has 5 nitrogen and oxygen atoms in total. The van der Waals surface area contributed by atoms with Gasteiger partial charge in [-0.15, -0.1) is 0 Å². The molecular formula is C25H30ClN3O2. The molecule has 1 N–H and O–H groups in total. The van der Waals surface area contributed by atoms with Crippen molar-refractivity contribution in [1.29, 1.82) is 0 Å². The van der Waals surface area contributed by atoms with Crippen molar-refractivity contribution in [3.05, 3.63) is 58.1 Å². The van der Waals surface area contributed by atoms with E-state index in [2.05, 4.69) is 33.3 Å². The van der Waals surface area contributed by atoms with Crippen LogP contribution in [0.15, 0.2) is 36.4 Å². The second-order valence-corrected chi connectivity index (χ2v) is 9.28. The first-order chi connectivity index (χ1) is 15.2. The lowest BCUT2D eigenvalue weighted by Crippen LogP contribution is -2.42. The highest BCUT2D eigenvalue weighted by molar-refractivity contribution is 6.31. The predicted molar refractivity (Wildman–Crippen MR) is 125 cm³/mol. The first-order valence-corrected chi connectivity index (χ1v) is 11.8. The Hall–Kier alpha value is -2.24. The molecule has 1 atom stereocenters. The van der Waals surface area contributed by atoms with Crippen molar-refractivity contribution in [2.75, 3.05) is 51.3 Å². The molecule has 1 saturated heterocycles. The fourth-order valence-electron chi connectivity index (χ4n) is 5.37. The van der Waals surface area contributed by atoms with Gasteiger partial charge in [-0.25, -0.2) is 0 Å². The van der Waals surface area contributed by atoms with E-state index < -0.39 is 0 Å². The summed E-state index contributed by atoms with van der Waals surface area (Å²) < 4.78 is 5.93. The van der Waals surface area contributed by atoms with Gasteiger partial charge < -0.3 is 19.9 Å². The number of anilines is 1. The molecular weight excluding hydrogens is 410 g/mol. The topological polar surface area (TPSA) is 44.8 Å². The van der Waals surface area contributed by atoms with Gasteiger partial charge in [-0.05, 0) is 54.6 Å². The second-order valence-electron chi connectivity index (χ2n) is 8.84. The van der Waals surface area contributed by atoms with Gasteiger partial charge in [-0.2, -0.15) is 0 Å². The van der Waals surface area contributed by atoms with E-state index in [-0.39, 0.29) is 11.8 Å². The summed E-state index contributed by atoms with van der Waals surface area (Å²) in [5.41, 5.74) is 4.88. The van der Waals surface area contributed by atoms with Gasteiger partial charge in [0.25, 0.3) is 0 Å². The number of carbonyl (C=O) groups is 1. The van der Waals surface area contributed by atoms with Gasteiger partial charge in [-0.1, -0.05) is 35.9 Å². The first-order valence-electron chi connectivity index (χ1n) is 11.4. The molecule has 31 heavy (non-hydrogen) atoms. The summed E-state index contributed by atoms with van der Waals surface area (Å²) in [7, 11) is 1.95. The number of fused-ring (bicyclic) bond motifs is 2. The first kappa shape index (κ1) is 20.7. The normalized spacial score (nSPS) is 20.5.